The summed E-state index contributed by atoms with van der Waals surface area (Å²) in [5.41, 5.74) is 6.80. The van der Waals surface area contributed by atoms with Crippen LogP contribution in [0.1, 0.15) is 31.2 Å². The molecule has 0 spiro atoms. The molecular formula is C18H28Cl2N4O2. The Labute approximate surface area is 167 Å². The number of pyridine rings is 1. The summed E-state index contributed by atoms with van der Waals surface area (Å²) in [7, 11) is 0. The van der Waals surface area contributed by atoms with Crippen LogP contribution in [0.5, 0.6) is 0 Å². The quantitative estimate of drug-likeness (QED) is 0.811. The number of rotatable bonds is 5. The molecule has 2 N–H and O–H groups in total. The van der Waals surface area contributed by atoms with Gasteiger partial charge in [0.1, 0.15) is 0 Å². The number of nitrogens with two attached hydrogens (primary N) is 1. The number of aryl methyl sites for hydroxylation is 1. The maximum Gasteiger partial charge on any atom is 0.222 e. The second-order valence-electron chi connectivity index (χ2n) is 6.73. The minimum Gasteiger partial charge on any atom is -0.342 e. The molecule has 8 heteroatoms. The van der Waals surface area contributed by atoms with Gasteiger partial charge in [0.15, 0.2) is 0 Å². The Balaban J connectivity index is 0.00000169. The summed E-state index contributed by atoms with van der Waals surface area (Å²) in [5.74, 6) is 0.833. The fraction of sp³-hybridized carbons (Fsp3) is 0.611. The summed E-state index contributed by atoms with van der Waals surface area (Å²) < 4.78 is 0. The fourth-order valence-corrected chi connectivity index (χ4v) is 3.97. The first-order chi connectivity index (χ1) is 11.7. The van der Waals surface area contributed by atoms with Gasteiger partial charge in [-0.3, -0.25) is 14.6 Å². The van der Waals surface area contributed by atoms with Gasteiger partial charge in [-0.1, -0.05) is 0 Å². The molecule has 1 aromatic rings. The molecule has 0 saturated carbocycles. The SMILES string of the molecule is Cl.Cl.NCCN1C(=O)CC[C@H]2CN(C(=O)CCc3ccncc3)CC[C@H]21. The molecule has 0 radical (unpaired) electrons. The second kappa shape index (κ2) is 10.7. The number of fused-ring (bicyclic) bond motifs is 1. The standard InChI is InChI=1S/C18H26N4O2.2ClH/c19-8-12-22-16-7-11-21(13-15(16)2-4-18(22)24)17(23)3-1-14-5-9-20-10-6-14;;/h5-6,9-10,15-16H,1-4,7-8,11-13,19H2;2*1H/t15-,16+;;/m0../s1. The lowest BCUT2D eigenvalue weighted by molar-refractivity contribution is -0.144. The molecule has 3 heterocycles. The minimum absolute atomic E-state index is 0. The van der Waals surface area contributed by atoms with Crippen molar-refractivity contribution >= 4 is 36.6 Å². The number of piperidine rings is 2. The van der Waals surface area contributed by atoms with Crippen LogP contribution in [0.4, 0.5) is 0 Å². The zero-order chi connectivity index (χ0) is 16.9. The number of carbonyl (C=O) groups excluding carboxylic acids is 2. The third kappa shape index (κ3) is 5.32. The average molecular weight is 403 g/mol. The van der Waals surface area contributed by atoms with Crippen molar-refractivity contribution in [2.45, 2.75) is 38.1 Å². The molecule has 6 nitrogen and oxygen atoms in total. The predicted octanol–water partition coefficient (Wildman–Crippen LogP) is 1.66. The Kier molecular flexibility index (Phi) is 9.33. The van der Waals surface area contributed by atoms with Crippen molar-refractivity contribution in [1.82, 2.24) is 14.8 Å². The lowest BCUT2D eigenvalue weighted by atomic mass is 9.83. The Hall–Kier alpha value is -1.37. The summed E-state index contributed by atoms with van der Waals surface area (Å²) in [5, 5.41) is 0. The molecule has 2 amide bonds. The second-order valence-corrected chi connectivity index (χ2v) is 6.73. The molecule has 146 valence electrons. The summed E-state index contributed by atoms with van der Waals surface area (Å²) in [6.07, 6.45) is 7.15. The van der Waals surface area contributed by atoms with Crippen LogP contribution >= 0.6 is 24.8 Å². The molecule has 2 saturated heterocycles. The largest absolute Gasteiger partial charge is 0.342 e. The number of amides is 2. The number of likely N-dealkylation sites (tertiary alicyclic amines) is 2. The summed E-state index contributed by atoms with van der Waals surface area (Å²) in [6, 6.07) is 4.17. The van der Waals surface area contributed by atoms with E-state index in [-0.39, 0.29) is 42.7 Å². The zero-order valence-electron chi connectivity index (χ0n) is 14.9. The van der Waals surface area contributed by atoms with E-state index in [1.54, 1.807) is 12.4 Å². The van der Waals surface area contributed by atoms with Gasteiger partial charge in [0.05, 0.1) is 0 Å². The van der Waals surface area contributed by atoms with Crippen LogP contribution in [-0.2, 0) is 16.0 Å². The van der Waals surface area contributed by atoms with Gasteiger partial charge in [0.2, 0.25) is 11.8 Å². The third-order valence-corrected chi connectivity index (χ3v) is 5.24. The summed E-state index contributed by atoms with van der Waals surface area (Å²) >= 11 is 0. The molecule has 2 fully saturated rings. The van der Waals surface area contributed by atoms with Gasteiger partial charge >= 0.3 is 0 Å². The number of carbonyl (C=O) groups is 2. The van der Waals surface area contributed by atoms with Crippen molar-refractivity contribution in [1.29, 1.82) is 0 Å². The third-order valence-electron chi connectivity index (χ3n) is 5.24. The maximum absolute atomic E-state index is 12.5. The Morgan fingerprint density at radius 2 is 1.96 bits per heavy atom. The van der Waals surface area contributed by atoms with Crippen molar-refractivity contribution in [3.63, 3.8) is 0 Å². The highest BCUT2D eigenvalue weighted by Crippen LogP contribution is 2.31. The van der Waals surface area contributed by atoms with E-state index in [1.807, 2.05) is 21.9 Å². The zero-order valence-corrected chi connectivity index (χ0v) is 16.5. The lowest BCUT2D eigenvalue weighted by Gasteiger charge is -2.47. The summed E-state index contributed by atoms with van der Waals surface area (Å²) in [4.78, 5) is 32.6. The van der Waals surface area contributed by atoms with Gasteiger partial charge in [-0.2, -0.15) is 0 Å². The monoisotopic (exact) mass is 402 g/mol. The number of hydrogen-bond acceptors (Lipinski definition) is 4. The molecular weight excluding hydrogens is 375 g/mol. The van der Waals surface area contributed by atoms with Crippen LogP contribution in [0.3, 0.4) is 0 Å². The smallest absolute Gasteiger partial charge is 0.222 e. The normalized spacial score (nSPS) is 22.1. The molecule has 0 aliphatic carbocycles. The van der Waals surface area contributed by atoms with Gasteiger partial charge in [-0.05, 0) is 42.9 Å². The van der Waals surface area contributed by atoms with Crippen molar-refractivity contribution in [3.8, 4) is 0 Å². The van der Waals surface area contributed by atoms with E-state index in [4.69, 9.17) is 5.73 Å². The van der Waals surface area contributed by atoms with Gasteiger partial charge in [0.25, 0.3) is 0 Å². The van der Waals surface area contributed by atoms with Crippen LogP contribution in [0, 0.1) is 5.92 Å². The van der Waals surface area contributed by atoms with Gasteiger partial charge in [-0.15, -0.1) is 24.8 Å². The molecule has 2 atom stereocenters. The highest BCUT2D eigenvalue weighted by molar-refractivity contribution is 5.85. The molecule has 0 aromatic carbocycles. The van der Waals surface area contributed by atoms with Gasteiger partial charge in [0, 0.05) is 57.5 Å². The first-order valence-electron chi connectivity index (χ1n) is 8.85. The Bertz CT molecular complexity index is 588. The first-order valence-corrected chi connectivity index (χ1v) is 8.85. The Morgan fingerprint density at radius 3 is 2.65 bits per heavy atom. The van der Waals surface area contributed by atoms with E-state index >= 15 is 0 Å². The minimum atomic E-state index is 0. The van der Waals surface area contributed by atoms with Crippen LogP contribution in [-0.4, -0.2) is 58.8 Å². The van der Waals surface area contributed by atoms with E-state index in [9.17, 15) is 9.59 Å². The van der Waals surface area contributed by atoms with Crippen LogP contribution < -0.4 is 5.73 Å². The van der Waals surface area contributed by atoms with Crippen LogP contribution in [0.2, 0.25) is 0 Å². The van der Waals surface area contributed by atoms with E-state index in [0.29, 0.717) is 31.8 Å². The number of hydrogen-bond donors (Lipinski definition) is 1. The molecule has 2 aliphatic heterocycles. The molecule has 26 heavy (non-hydrogen) atoms. The maximum atomic E-state index is 12.5. The lowest BCUT2D eigenvalue weighted by Crippen LogP contribution is -2.57. The topological polar surface area (TPSA) is 79.5 Å². The number of halogens is 2. The van der Waals surface area contributed by atoms with Crippen molar-refractivity contribution in [2.75, 3.05) is 26.2 Å². The number of nitrogens with zero attached hydrogens (tertiary/aromatic N) is 3. The molecule has 0 unspecified atom stereocenters. The molecule has 3 rings (SSSR count). The summed E-state index contributed by atoms with van der Waals surface area (Å²) in [6.45, 7) is 2.65. The fourth-order valence-electron chi connectivity index (χ4n) is 3.97. The van der Waals surface area contributed by atoms with E-state index in [0.717, 1.165) is 37.9 Å². The van der Waals surface area contributed by atoms with Gasteiger partial charge in [-0.25, -0.2) is 0 Å². The van der Waals surface area contributed by atoms with Crippen molar-refractivity contribution < 1.29 is 9.59 Å². The average Bonchev–Trinajstić information content (AvgIpc) is 2.62. The van der Waals surface area contributed by atoms with E-state index < -0.39 is 0 Å². The predicted molar refractivity (Wildman–Crippen MR) is 106 cm³/mol. The van der Waals surface area contributed by atoms with Crippen molar-refractivity contribution in [2.24, 2.45) is 11.7 Å². The Morgan fingerprint density at radius 1 is 1.23 bits per heavy atom. The van der Waals surface area contributed by atoms with Crippen molar-refractivity contribution in [3.05, 3.63) is 30.1 Å². The molecule has 0 bridgehead atoms. The van der Waals surface area contributed by atoms with E-state index in [2.05, 4.69) is 4.98 Å². The molecule has 2 aliphatic rings. The van der Waals surface area contributed by atoms with Crippen LogP contribution in [0.15, 0.2) is 24.5 Å². The first kappa shape index (κ1) is 22.7. The molecule has 1 aromatic heterocycles. The number of aromatic nitrogens is 1. The highest BCUT2D eigenvalue weighted by Gasteiger charge is 2.39. The van der Waals surface area contributed by atoms with Gasteiger partial charge < -0.3 is 15.5 Å². The highest BCUT2D eigenvalue weighted by atomic mass is 35.5. The van der Waals surface area contributed by atoms with Crippen LogP contribution in [0.25, 0.3) is 0 Å². The van der Waals surface area contributed by atoms with E-state index in [1.165, 1.54) is 0 Å².